The molecule has 0 unspecified atom stereocenters. The second-order valence-corrected chi connectivity index (χ2v) is 12.0. The number of carbonyl (C=O) groups excluding carboxylic acids is 2. The summed E-state index contributed by atoms with van der Waals surface area (Å²) in [6.45, 7) is 13.4. The molecule has 0 aliphatic carbocycles. The van der Waals surface area contributed by atoms with Crippen LogP contribution in [0.4, 0.5) is 21.0 Å². The topological polar surface area (TPSA) is 212 Å². The average Bonchev–Trinajstić information content (AvgIpc) is 3.61. The predicted molar refractivity (Wildman–Crippen MR) is 153 cm³/mol. The molecule has 240 valence electrons. The van der Waals surface area contributed by atoms with Gasteiger partial charge in [-0.1, -0.05) is 0 Å². The molecule has 0 saturated carbocycles. The molecule has 2 saturated heterocycles. The molecule has 4 heterocycles. The maximum Gasteiger partial charge on any atom is 0.410 e. The average molecular weight is 611 g/mol. The molecule has 43 heavy (non-hydrogen) atoms. The summed E-state index contributed by atoms with van der Waals surface area (Å²) < 4.78 is 12.2. The van der Waals surface area contributed by atoms with Crippen LogP contribution in [0.15, 0.2) is 24.8 Å². The third kappa shape index (κ3) is 12.6. The quantitative estimate of drug-likeness (QED) is 0.373. The van der Waals surface area contributed by atoms with Crippen molar-refractivity contribution in [2.24, 2.45) is 0 Å². The van der Waals surface area contributed by atoms with Crippen LogP contribution in [0.1, 0.15) is 73.3 Å². The minimum Gasteiger partial charge on any atom is -0.444 e. The van der Waals surface area contributed by atoms with Gasteiger partial charge in [0.1, 0.15) is 29.8 Å². The van der Waals surface area contributed by atoms with Crippen molar-refractivity contribution in [3.8, 4) is 0 Å². The number of rotatable bonds is 3. The second kappa shape index (κ2) is 15.3. The highest BCUT2D eigenvalue weighted by atomic mass is 16.6. The number of piperidine rings is 2. The van der Waals surface area contributed by atoms with Gasteiger partial charge in [-0.15, -0.1) is 0 Å². The Bertz CT molecular complexity index is 1190. The summed E-state index contributed by atoms with van der Waals surface area (Å²) in [6, 6.07) is 0.0809. The summed E-state index contributed by atoms with van der Waals surface area (Å²) in [7, 11) is 0. The maximum absolute atomic E-state index is 11.9. The fourth-order valence-corrected chi connectivity index (χ4v) is 3.98. The highest BCUT2D eigenvalue weighted by Gasteiger charge is 2.29. The van der Waals surface area contributed by atoms with E-state index in [1.54, 1.807) is 14.5 Å². The Morgan fingerprint density at radius 2 is 1.33 bits per heavy atom. The number of aromatic amines is 1. The number of carbonyl (C=O) groups is 2. The number of hydrogen-bond donors (Lipinski definition) is 2. The molecule has 2 aromatic heterocycles. The van der Waals surface area contributed by atoms with Crippen LogP contribution in [-0.4, -0.2) is 100 Å². The number of amides is 2. The van der Waals surface area contributed by atoms with Gasteiger partial charge < -0.3 is 24.4 Å². The van der Waals surface area contributed by atoms with Crippen LogP contribution in [0.2, 0.25) is 0 Å². The molecule has 17 nitrogen and oxygen atoms in total. The summed E-state index contributed by atoms with van der Waals surface area (Å²) >= 11 is 0. The number of aliphatic hydroxyl groups is 1. The first-order valence-corrected chi connectivity index (χ1v) is 13.9. The van der Waals surface area contributed by atoms with Gasteiger partial charge >= 0.3 is 23.6 Å². The molecule has 0 spiro atoms. The number of hydrogen-bond acceptors (Lipinski definition) is 11. The number of ether oxygens (including phenoxy) is 2. The minimum absolute atomic E-state index is 0.00926. The molecule has 2 fully saturated rings. The van der Waals surface area contributed by atoms with Gasteiger partial charge in [0.15, 0.2) is 0 Å². The van der Waals surface area contributed by atoms with Crippen molar-refractivity contribution in [2.75, 3.05) is 26.2 Å². The van der Waals surface area contributed by atoms with Crippen molar-refractivity contribution < 1.29 is 34.0 Å². The third-order valence-corrected chi connectivity index (χ3v) is 6.10. The predicted octanol–water partition coefficient (Wildman–Crippen LogP) is 4.06. The van der Waals surface area contributed by atoms with Crippen molar-refractivity contribution in [3.05, 3.63) is 45.0 Å². The largest absolute Gasteiger partial charge is 0.444 e. The lowest BCUT2D eigenvalue weighted by molar-refractivity contribution is -0.385. The molecule has 0 bridgehead atoms. The van der Waals surface area contributed by atoms with Crippen LogP contribution in [0, 0.1) is 20.2 Å². The molecule has 2 amide bonds. The summed E-state index contributed by atoms with van der Waals surface area (Å²) in [6.07, 6.45) is 6.94. The van der Waals surface area contributed by atoms with E-state index in [9.17, 15) is 34.9 Å². The summed E-state index contributed by atoms with van der Waals surface area (Å²) in [5.41, 5.74) is -0.960. The molecule has 4 rings (SSSR count). The van der Waals surface area contributed by atoms with E-state index in [0.29, 0.717) is 51.9 Å². The molecule has 0 atom stereocenters. The fraction of sp³-hybridized carbons (Fsp3) is 0.692. The monoisotopic (exact) mass is 610 g/mol. The number of nitro groups is 2. The van der Waals surface area contributed by atoms with Gasteiger partial charge in [0.25, 0.3) is 0 Å². The highest BCUT2D eigenvalue weighted by Crippen LogP contribution is 2.25. The van der Waals surface area contributed by atoms with Gasteiger partial charge in [0, 0.05) is 26.2 Å². The van der Waals surface area contributed by atoms with Gasteiger partial charge in [-0.25, -0.2) is 9.59 Å². The Labute approximate surface area is 249 Å². The van der Waals surface area contributed by atoms with Crippen molar-refractivity contribution in [1.82, 2.24) is 29.8 Å². The van der Waals surface area contributed by atoms with E-state index in [-0.39, 0.29) is 35.7 Å². The van der Waals surface area contributed by atoms with Crippen molar-refractivity contribution in [2.45, 2.75) is 90.6 Å². The van der Waals surface area contributed by atoms with E-state index in [1.807, 2.05) is 41.5 Å². The molecule has 17 heteroatoms. The van der Waals surface area contributed by atoms with Gasteiger partial charge in [-0.3, -0.25) is 30.0 Å². The first-order valence-electron chi connectivity index (χ1n) is 13.9. The molecule has 0 radical (unpaired) electrons. The number of nitrogens with zero attached hydrogens (tertiary/aromatic N) is 7. The normalized spacial score (nSPS) is 16.3. The summed E-state index contributed by atoms with van der Waals surface area (Å²) in [5.74, 6) is 0. The standard InChI is InChI=1S/C13H20N4O4.C10H19NO3.C3H3N3O2/c1-13(2,3)21-12(18)15-6-4-10(5-7-15)16-9-11(8-14-16)17(19)20;1-10(2,3)14-9(13)11-6-4-8(12)5-7-11;7-6(8)3-1-4-5-2-3/h8-10H,4-7H2,1-3H3;8,12H,4-7H2,1-3H3;1-2H,(H,4,5). The van der Waals surface area contributed by atoms with Crippen LogP contribution >= 0.6 is 0 Å². The van der Waals surface area contributed by atoms with Crippen molar-refractivity contribution in [1.29, 1.82) is 0 Å². The Balaban J connectivity index is 0.000000251. The van der Waals surface area contributed by atoms with E-state index in [4.69, 9.17) is 9.47 Å². The van der Waals surface area contributed by atoms with Crippen LogP contribution in [0.25, 0.3) is 0 Å². The summed E-state index contributed by atoms with van der Waals surface area (Å²) in [4.78, 5) is 46.3. The smallest absolute Gasteiger partial charge is 0.410 e. The number of aliphatic hydroxyl groups excluding tert-OH is 1. The van der Waals surface area contributed by atoms with Gasteiger partial charge in [0.05, 0.1) is 28.2 Å². The lowest BCUT2D eigenvalue weighted by atomic mass is 10.1. The zero-order chi connectivity index (χ0) is 32.4. The third-order valence-electron chi connectivity index (χ3n) is 6.10. The number of nitrogens with one attached hydrogen (secondary N) is 1. The zero-order valence-electron chi connectivity index (χ0n) is 25.5. The van der Waals surface area contributed by atoms with Crippen LogP contribution in [0.5, 0.6) is 0 Å². The Kier molecular flexibility index (Phi) is 12.4. The lowest BCUT2D eigenvalue weighted by Crippen LogP contribution is -2.42. The maximum atomic E-state index is 11.9. The molecule has 0 aromatic carbocycles. The van der Waals surface area contributed by atoms with Gasteiger partial charge in [-0.05, 0) is 67.2 Å². The highest BCUT2D eigenvalue weighted by molar-refractivity contribution is 5.68. The van der Waals surface area contributed by atoms with Crippen LogP contribution < -0.4 is 0 Å². The molecule has 2 aliphatic rings. The SMILES string of the molecule is CC(C)(C)OC(=O)N1CCC(O)CC1.CC(C)(C)OC(=O)N1CCC(n2cc([N+](=O)[O-])cn2)CC1.O=[N+]([O-])c1cn[nH]c1. The zero-order valence-corrected chi connectivity index (χ0v) is 25.5. The first-order chi connectivity index (χ1) is 19.9. The Hall–Kier alpha value is -4.28. The van der Waals surface area contributed by atoms with Gasteiger partial charge in [0.2, 0.25) is 0 Å². The van der Waals surface area contributed by atoms with E-state index in [1.165, 1.54) is 18.6 Å². The van der Waals surface area contributed by atoms with Crippen molar-refractivity contribution >= 4 is 23.6 Å². The summed E-state index contributed by atoms with van der Waals surface area (Å²) in [5, 5.41) is 39.5. The van der Waals surface area contributed by atoms with Gasteiger partial charge in [-0.2, -0.15) is 10.2 Å². The molecular formula is C26H42N8O9. The molecular weight excluding hydrogens is 568 g/mol. The number of likely N-dealkylation sites (tertiary alicyclic amines) is 2. The van der Waals surface area contributed by atoms with E-state index in [2.05, 4.69) is 15.3 Å². The molecule has 2 aromatic rings. The number of H-pyrrole nitrogens is 1. The minimum atomic E-state index is -0.510. The fourth-order valence-electron chi connectivity index (χ4n) is 3.98. The van der Waals surface area contributed by atoms with Crippen molar-refractivity contribution in [3.63, 3.8) is 0 Å². The molecule has 2 N–H and O–H groups in total. The van der Waals surface area contributed by atoms with E-state index in [0.717, 1.165) is 6.20 Å². The molecule has 2 aliphatic heterocycles. The number of aromatic nitrogens is 4. The second-order valence-electron chi connectivity index (χ2n) is 12.0. The lowest BCUT2D eigenvalue weighted by Gasteiger charge is -2.33. The van der Waals surface area contributed by atoms with Crippen LogP contribution in [-0.2, 0) is 9.47 Å². The van der Waals surface area contributed by atoms with Crippen LogP contribution in [0.3, 0.4) is 0 Å². The Morgan fingerprint density at radius 3 is 1.67 bits per heavy atom. The van der Waals surface area contributed by atoms with E-state index >= 15 is 0 Å². The Morgan fingerprint density at radius 1 is 0.860 bits per heavy atom. The van der Waals surface area contributed by atoms with E-state index < -0.39 is 21.0 Å². The first kappa shape index (κ1) is 34.9.